The molecule has 0 aliphatic heterocycles. The van der Waals surface area contributed by atoms with E-state index in [1.807, 2.05) is 25.2 Å². The second-order valence-electron chi connectivity index (χ2n) is 10.2. The molecule has 3 nitrogen and oxygen atoms in total. The lowest BCUT2D eigenvalue weighted by atomic mass is 9.86. The SMILES string of the molecule is C=C(O)CCCOC.CCc1ccc(CCC(CCNC)Cc2cccc(F)c2-c2cccc(CC)c2)cc1. The number of ether oxygens (including phenoxy) is 1. The minimum Gasteiger partial charge on any atom is -0.513 e. The third kappa shape index (κ3) is 11.8. The van der Waals surface area contributed by atoms with E-state index in [0.717, 1.165) is 68.2 Å². The smallest absolute Gasteiger partial charge is 0.131 e. The topological polar surface area (TPSA) is 41.5 Å². The number of methoxy groups -OCH3 is 1. The van der Waals surface area contributed by atoms with Gasteiger partial charge in [-0.15, -0.1) is 0 Å². The molecule has 0 spiro atoms. The third-order valence-corrected chi connectivity index (χ3v) is 7.12. The number of allylic oxidation sites excluding steroid dienone is 1. The van der Waals surface area contributed by atoms with Gasteiger partial charge in [0, 0.05) is 25.7 Å². The minimum atomic E-state index is -0.117. The Bertz CT molecular complexity index is 1110. The molecule has 0 saturated heterocycles. The highest BCUT2D eigenvalue weighted by atomic mass is 19.1. The Kier molecular flexibility index (Phi) is 15.2. The van der Waals surface area contributed by atoms with Crippen molar-refractivity contribution >= 4 is 0 Å². The van der Waals surface area contributed by atoms with Crippen LogP contribution in [-0.4, -0.2) is 32.4 Å². The molecule has 3 aromatic rings. The number of halogens is 1. The van der Waals surface area contributed by atoms with Gasteiger partial charge < -0.3 is 15.2 Å². The van der Waals surface area contributed by atoms with E-state index in [2.05, 4.69) is 68.2 Å². The van der Waals surface area contributed by atoms with E-state index >= 15 is 0 Å². The van der Waals surface area contributed by atoms with Crippen molar-refractivity contribution in [1.82, 2.24) is 5.32 Å². The predicted molar refractivity (Wildman–Crippen MR) is 164 cm³/mol. The standard InChI is InChI=1S/C29H36FN.C6H12O2/c1-4-22-12-14-24(15-13-22)16-17-25(18-19-31-3)21-27-10-7-11-28(30)29(27)26-9-6-8-23(5-2)20-26;1-6(7)4-3-5-8-2/h6-15,20,25,31H,4-5,16-19,21H2,1-3H3;7H,1,3-5H2,2H3. The van der Waals surface area contributed by atoms with Crippen molar-refractivity contribution in [2.75, 3.05) is 27.3 Å². The minimum absolute atomic E-state index is 0.117. The molecule has 0 fully saturated rings. The van der Waals surface area contributed by atoms with Gasteiger partial charge in [-0.1, -0.05) is 81.1 Å². The van der Waals surface area contributed by atoms with Gasteiger partial charge >= 0.3 is 0 Å². The van der Waals surface area contributed by atoms with Gasteiger partial charge in [0.1, 0.15) is 5.82 Å². The fourth-order valence-corrected chi connectivity index (χ4v) is 4.75. The summed E-state index contributed by atoms with van der Waals surface area (Å²) in [6, 6.07) is 22.9. The summed E-state index contributed by atoms with van der Waals surface area (Å²) >= 11 is 0. The van der Waals surface area contributed by atoms with Crippen LogP contribution in [-0.2, 0) is 30.4 Å². The highest BCUT2D eigenvalue weighted by Gasteiger charge is 2.16. The summed E-state index contributed by atoms with van der Waals surface area (Å²) in [4.78, 5) is 0. The maximum Gasteiger partial charge on any atom is 0.131 e. The van der Waals surface area contributed by atoms with Gasteiger partial charge in [0.05, 0.1) is 5.76 Å². The molecule has 0 amide bonds. The Morgan fingerprint density at radius 1 is 0.949 bits per heavy atom. The molecule has 0 aliphatic carbocycles. The highest BCUT2D eigenvalue weighted by molar-refractivity contribution is 5.68. The van der Waals surface area contributed by atoms with Crippen LogP contribution in [0.5, 0.6) is 0 Å². The number of hydrogen-bond donors (Lipinski definition) is 2. The number of hydrogen-bond acceptors (Lipinski definition) is 3. The molecule has 212 valence electrons. The van der Waals surface area contributed by atoms with Gasteiger partial charge in [0.2, 0.25) is 0 Å². The van der Waals surface area contributed by atoms with Gasteiger partial charge in [-0.3, -0.25) is 0 Å². The zero-order valence-corrected chi connectivity index (χ0v) is 24.4. The maximum atomic E-state index is 15.0. The molecule has 4 heteroatoms. The Hall–Kier alpha value is -2.95. The first kappa shape index (κ1) is 32.3. The van der Waals surface area contributed by atoms with Crippen LogP contribution >= 0.6 is 0 Å². The van der Waals surface area contributed by atoms with Crippen LogP contribution in [0.3, 0.4) is 0 Å². The molecule has 0 heterocycles. The summed E-state index contributed by atoms with van der Waals surface area (Å²) in [5.74, 6) is 0.628. The molecule has 3 rings (SSSR count). The van der Waals surface area contributed by atoms with Crippen molar-refractivity contribution in [3.05, 3.63) is 107 Å². The maximum absolute atomic E-state index is 15.0. The lowest BCUT2D eigenvalue weighted by Gasteiger charge is -2.20. The van der Waals surface area contributed by atoms with Gasteiger partial charge in [0.25, 0.3) is 0 Å². The van der Waals surface area contributed by atoms with E-state index < -0.39 is 0 Å². The first-order chi connectivity index (χ1) is 18.9. The van der Waals surface area contributed by atoms with Gasteiger partial charge in [-0.25, -0.2) is 4.39 Å². The summed E-state index contributed by atoms with van der Waals surface area (Å²) in [5, 5.41) is 11.8. The van der Waals surface area contributed by atoms with Gasteiger partial charge in [-0.05, 0) is 98.3 Å². The number of benzene rings is 3. The molecule has 39 heavy (non-hydrogen) atoms. The molecular weight excluding hydrogens is 485 g/mol. The molecule has 2 N–H and O–H groups in total. The fraction of sp³-hybridized carbons (Fsp3) is 0.429. The van der Waals surface area contributed by atoms with Crippen LogP contribution in [0, 0.1) is 11.7 Å². The quantitative estimate of drug-likeness (QED) is 0.152. The number of rotatable bonds is 15. The number of nitrogens with one attached hydrogen (secondary N) is 1. The lowest BCUT2D eigenvalue weighted by Crippen LogP contribution is -2.16. The molecule has 0 radical (unpaired) electrons. The Balaban J connectivity index is 0.000000580. The van der Waals surface area contributed by atoms with Gasteiger partial charge in [0.15, 0.2) is 0 Å². The van der Waals surface area contributed by atoms with E-state index in [9.17, 15) is 4.39 Å². The summed E-state index contributed by atoms with van der Waals surface area (Å²) < 4.78 is 19.7. The van der Waals surface area contributed by atoms with Crippen LogP contribution < -0.4 is 5.32 Å². The lowest BCUT2D eigenvalue weighted by molar-refractivity contribution is 0.191. The van der Waals surface area contributed by atoms with Crippen molar-refractivity contribution in [1.29, 1.82) is 0 Å². The zero-order chi connectivity index (χ0) is 28.5. The van der Waals surface area contributed by atoms with E-state index in [0.29, 0.717) is 18.9 Å². The number of aryl methyl sites for hydroxylation is 3. The van der Waals surface area contributed by atoms with Crippen LogP contribution in [0.1, 0.15) is 61.8 Å². The molecule has 3 aromatic carbocycles. The van der Waals surface area contributed by atoms with Crippen molar-refractivity contribution in [2.45, 2.75) is 65.2 Å². The van der Waals surface area contributed by atoms with Crippen LogP contribution in [0.15, 0.2) is 79.1 Å². The third-order valence-electron chi connectivity index (χ3n) is 7.12. The number of aliphatic hydroxyl groups excluding tert-OH is 1. The summed E-state index contributed by atoms with van der Waals surface area (Å²) in [7, 11) is 3.64. The molecular formula is C35H48FNO2. The summed E-state index contributed by atoms with van der Waals surface area (Å²) in [6.45, 7) is 9.33. The molecule has 1 atom stereocenters. The monoisotopic (exact) mass is 533 g/mol. The second-order valence-corrected chi connectivity index (χ2v) is 10.2. The van der Waals surface area contributed by atoms with Crippen LogP contribution in [0.25, 0.3) is 11.1 Å². The van der Waals surface area contributed by atoms with Crippen LogP contribution in [0.4, 0.5) is 4.39 Å². The van der Waals surface area contributed by atoms with E-state index in [1.165, 1.54) is 16.7 Å². The average molecular weight is 534 g/mol. The van der Waals surface area contributed by atoms with E-state index in [4.69, 9.17) is 9.84 Å². The largest absolute Gasteiger partial charge is 0.513 e. The first-order valence-corrected chi connectivity index (χ1v) is 14.4. The van der Waals surface area contributed by atoms with E-state index in [1.54, 1.807) is 13.2 Å². The van der Waals surface area contributed by atoms with Crippen molar-refractivity contribution in [3.8, 4) is 11.1 Å². The van der Waals surface area contributed by atoms with Crippen molar-refractivity contribution < 1.29 is 14.2 Å². The molecule has 0 aliphatic rings. The molecule has 1 unspecified atom stereocenters. The normalized spacial score (nSPS) is 11.5. The molecule has 0 saturated carbocycles. The zero-order valence-electron chi connectivity index (χ0n) is 24.4. The fourth-order valence-electron chi connectivity index (χ4n) is 4.75. The van der Waals surface area contributed by atoms with Crippen molar-refractivity contribution in [2.24, 2.45) is 5.92 Å². The molecule has 0 bridgehead atoms. The average Bonchev–Trinajstić information content (AvgIpc) is 2.95. The Labute approximate surface area is 236 Å². The highest BCUT2D eigenvalue weighted by Crippen LogP contribution is 2.31. The first-order valence-electron chi connectivity index (χ1n) is 14.4. The van der Waals surface area contributed by atoms with Gasteiger partial charge in [-0.2, -0.15) is 0 Å². The predicted octanol–water partition coefficient (Wildman–Crippen LogP) is 8.50. The Morgan fingerprint density at radius 3 is 2.28 bits per heavy atom. The van der Waals surface area contributed by atoms with E-state index in [-0.39, 0.29) is 11.6 Å². The Morgan fingerprint density at radius 2 is 1.64 bits per heavy atom. The molecule has 0 aromatic heterocycles. The van der Waals surface area contributed by atoms with Crippen molar-refractivity contribution in [3.63, 3.8) is 0 Å². The second kappa shape index (κ2) is 18.4. The van der Waals surface area contributed by atoms with Crippen LogP contribution in [0.2, 0.25) is 0 Å². The number of aliphatic hydroxyl groups is 1. The summed E-state index contributed by atoms with van der Waals surface area (Å²) in [5.41, 5.74) is 6.91. The summed E-state index contributed by atoms with van der Waals surface area (Å²) in [6.07, 6.45) is 7.70.